The number of benzene rings is 2. The van der Waals surface area contributed by atoms with Gasteiger partial charge in [-0.3, -0.25) is 0 Å². The van der Waals surface area contributed by atoms with Crippen molar-refractivity contribution in [2.75, 3.05) is 37.7 Å². The molecule has 27 heavy (non-hydrogen) atoms. The summed E-state index contributed by atoms with van der Waals surface area (Å²) in [6.45, 7) is 2.99. The molecule has 4 nitrogen and oxygen atoms in total. The van der Waals surface area contributed by atoms with Crippen molar-refractivity contribution in [3.05, 3.63) is 53.3 Å². The molecule has 0 aromatic heterocycles. The third kappa shape index (κ3) is 3.66. The maximum atomic E-state index is 14.2. The van der Waals surface area contributed by atoms with Crippen LogP contribution in [-0.4, -0.2) is 45.1 Å². The van der Waals surface area contributed by atoms with Gasteiger partial charge in [-0.2, -0.15) is 5.26 Å². The number of nitriles is 1. The highest BCUT2D eigenvalue weighted by Crippen LogP contribution is 2.38. The zero-order valence-corrected chi connectivity index (χ0v) is 14.9. The van der Waals surface area contributed by atoms with E-state index in [0.717, 1.165) is 29.9 Å². The molecule has 2 aromatic rings. The summed E-state index contributed by atoms with van der Waals surface area (Å²) in [4.78, 5) is 2.00. The van der Waals surface area contributed by atoms with Crippen LogP contribution in [-0.2, 0) is 11.2 Å². The summed E-state index contributed by atoms with van der Waals surface area (Å²) in [6, 6.07) is 12.4. The molecule has 0 amide bonds. The molecule has 140 valence electrons. The van der Waals surface area contributed by atoms with E-state index < -0.39 is 12.0 Å². The largest absolute Gasteiger partial charge is 0.375 e. The monoisotopic (exact) mass is 369 g/mol. The van der Waals surface area contributed by atoms with Gasteiger partial charge in [0.1, 0.15) is 18.1 Å². The molecule has 0 saturated carbocycles. The third-order valence-electron chi connectivity index (χ3n) is 5.13. The van der Waals surface area contributed by atoms with Crippen molar-refractivity contribution in [1.82, 2.24) is 5.32 Å². The zero-order chi connectivity index (χ0) is 18.8. The lowest BCUT2D eigenvalue weighted by atomic mass is 9.93. The number of nitrogens with one attached hydrogen (secondary N) is 1. The average Bonchev–Trinajstić information content (AvgIpc) is 2.66. The second-order valence-corrected chi connectivity index (χ2v) is 7.02. The van der Waals surface area contributed by atoms with Gasteiger partial charge in [0.05, 0.1) is 31.4 Å². The van der Waals surface area contributed by atoms with Gasteiger partial charge in [-0.25, -0.2) is 8.78 Å². The SMILES string of the molecule is N#Cc1ccc(-c2cccc(CC3CNCCO3)c2N2CC(F)C2)cc1F. The first kappa shape index (κ1) is 17.9. The molecule has 4 rings (SSSR count). The number of alkyl halides is 1. The first-order valence-electron chi connectivity index (χ1n) is 9.19. The Morgan fingerprint density at radius 3 is 2.78 bits per heavy atom. The van der Waals surface area contributed by atoms with Crippen LogP contribution in [0, 0.1) is 17.1 Å². The zero-order valence-electron chi connectivity index (χ0n) is 14.9. The molecule has 6 heteroatoms. The predicted octanol–water partition coefficient (Wildman–Crippen LogP) is 3.05. The van der Waals surface area contributed by atoms with E-state index in [-0.39, 0.29) is 11.7 Å². The Hall–Kier alpha value is -2.49. The van der Waals surface area contributed by atoms with E-state index in [2.05, 4.69) is 5.32 Å². The number of halogens is 2. The van der Waals surface area contributed by atoms with Crippen LogP contribution in [0.1, 0.15) is 11.1 Å². The summed E-state index contributed by atoms with van der Waals surface area (Å²) in [5.74, 6) is -0.543. The van der Waals surface area contributed by atoms with Gasteiger partial charge in [0.25, 0.3) is 0 Å². The first-order chi connectivity index (χ1) is 13.2. The lowest BCUT2D eigenvalue weighted by molar-refractivity contribution is 0.0292. The van der Waals surface area contributed by atoms with Crippen molar-refractivity contribution in [2.24, 2.45) is 0 Å². The molecule has 2 fully saturated rings. The van der Waals surface area contributed by atoms with Crippen LogP contribution < -0.4 is 10.2 Å². The topological polar surface area (TPSA) is 48.3 Å². The van der Waals surface area contributed by atoms with Crippen molar-refractivity contribution < 1.29 is 13.5 Å². The maximum absolute atomic E-state index is 14.2. The van der Waals surface area contributed by atoms with Gasteiger partial charge in [-0.05, 0) is 23.3 Å². The van der Waals surface area contributed by atoms with Crippen LogP contribution in [0.3, 0.4) is 0 Å². The Bertz CT molecular complexity index is 868. The fourth-order valence-electron chi connectivity index (χ4n) is 3.74. The normalized spacial score (nSPS) is 20.2. The second-order valence-electron chi connectivity index (χ2n) is 7.02. The average molecular weight is 369 g/mol. The molecular weight excluding hydrogens is 348 g/mol. The predicted molar refractivity (Wildman–Crippen MR) is 100.0 cm³/mol. The molecule has 0 spiro atoms. The number of hydrogen-bond acceptors (Lipinski definition) is 4. The minimum Gasteiger partial charge on any atom is -0.375 e. The number of rotatable bonds is 4. The van der Waals surface area contributed by atoms with Gasteiger partial charge in [-0.15, -0.1) is 0 Å². The highest BCUT2D eigenvalue weighted by atomic mass is 19.1. The van der Waals surface area contributed by atoms with Gasteiger partial charge in [0.2, 0.25) is 0 Å². The van der Waals surface area contributed by atoms with Crippen LogP contribution in [0.2, 0.25) is 0 Å². The van der Waals surface area contributed by atoms with Gasteiger partial charge in [-0.1, -0.05) is 24.3 Å². The van der Waals surface area contributed by atoms with E-state index in [4.69, 9.17) is 10.00 Å². The molecule has 2 aromatic carbocycles. The molecule has 0 aliphatic carbocycles. The number of nitrogens with zero attached hydrogens (tertiary/aromatic N) is 2. The van der Waals surface area contributed by atoms with E-state index in [1.165, 1.54) is 12.1 Å². The second kappa shape index (κ2) is 7.63. The molecule has 2 heterocycles. The molecule has 0 bridgehead atoms. The van der Waals surface area contributed by atoms with Crippen LogP contribution in [0.15, 0.2) is 36.4 Å². The molecule has 2 aliphatic rings. The minimum atomic E-state index is -0.837. The lowest BCUT2D eigenvalue weighted by Gasteiger charge is -2.39. The number of morpholine rings is 1. The molecule has 1 atom stereocenters. The van der Waals surface area contributed by atoms with Crippen molar-refractivity contribution in [3.8, 4) is 17.2 Å². The maximum Gasteiger partial charge on any atom is 0.141 e. The van der Waals surface area contributed by atoms with Crippen LogP contribution in [0.5, 0.6) is 0 Å². The van der Waals surface area contributed by atoms with Crippen molar-refractivity contribution in [2.45, 2.75) is 18.7 Å². The van der Waals surface area contributed by atoms with Gasteiger partial charge in [0, 0.05) is 30.8 Å². The number of anilines is 1. The highest BCUT2D eigenvalue weighted by molar-refractivity contribution is 5.82. The molecule has 1 unspecified atom stereocenters. The summed E-state index contributed by atoms with van der Waals surface area (Å²) in [5, 5.41) is 12.3. The Balaban J connectivity index is 1.73. The number of ether oxygens (including phenoxy) is 1. The molecular formula is C21H21F2N3O. The fraction of sp³-hybridized carbons (Fsp3) is 0.381. The Kier molecular flexibility index (Phi) is 5.06. The molecule has 2 saturated heterocycles. The van der Waals surface area contributed by atoms with Crippen molar-refractivity contribution in [3.63, 3.8) is 0 Å². The molecule has 0 radical (unpaired) electrons. The van der Waals surface area contributed by atoms with Crippen molar-refractivity contribution in [1.29, 1.82) is 5.26 Å². The Morgan fingerprint density at radius 1 is 1.26 bits per heavy atom. The summed E-state index contributed by atoms with van der Waals surface area (Å²) in [6.07, 6.45) is -0.0633. The first-order valence-corrected chi connectivity index (χ1v) is 9.19. The number of hydrogen-bond donors (Lipinski definition) is 1. The summed E-state index contributed by atoms with van der Waals surface area (Å²) in [5.41, 5.74) is 3.56. The smallest absolute Gasteiger partial charge is 0.141 e. The quantitative estimate of drug-likeness (QED) is 0.900. The lowest BCUT2D eigenvalue weighted by Crippen LogP contribution is -2.49. The standard InChI is InChI=1S/C21H21F2N3O/c22-17-12-26(13-17)21-15(8-18-11-25-6-7-27-18)2-1-3-19(21)14-4-5-16(10-24)20(23)9-14/h1-5,9,17-18,25H,6-8,11-13H2. The molecule has 1 N–H and O–H groups in total. The van der Waals surface area contributed by atoms with Gasteiger partial charge >= 0.3 is 0 Å². The van der Waals surface area contributed by atoms with Gasteiger partial charge in [0.15, 0.2) is 0 Å². The van der Waals surface area contributed by atoms with E-state index in [9.17, 15) is 8.78 Å². The summed E-state index contributed by atoms with van der Waals surface area (Å²) < 4.78 is 33.6. The third-order valence-corrected chi connectivity index (χ3v) is 5.13. The minimum absolute atomic E-state index is 0.0194. The van der Waals surface area contributed by atoms with Gasteiger partial charge < -0.3 is 15.0 Å². The Morgan fingerprint density at radius 2 is 2.11 bits per heavy atom. The van der Waals surface area contributed by atoms with Crippen LogP contribution in [0.4, 0.5) is 14.5 Å². The highest BCUT2D eigenvalue weighted by Gasteiger charge is 2.31. The molecule has 2 aliphatic heterocycles. The Labute approximate surface area is 157 Å². The van der Waals surface area contributed by atoms with Crippen LogP contribution >= 0.6 is 0 Å². The van der Waals surface area contributed by atoms with Crippen molar-refractivity contribution >= 4 is 5.69 Å². The van der Waals surface area contributed by atoms with E-state index in [1.807, 2.05) is 29.2 Å². The fourth-order valence-corrected chi connectivity index (χ4v) is 3.74. The summed E-state index contributed by atoms with van der Waals surface area (Å²) in [7, 11) is 0. The van der Waals surface area contributed by atoms with E-state index in [1.54, 1.807) is 6.07 Å². The van der Waals surface area contributed by atoms with E-state index in [0.29, 0.717) is 31.7 Å². The van der Waals surface area contributed by atoms with E-state index >= 15 is 0 Å². The van der Waals surface area contributed by atoms with Crippen LogP contribution in [0.25, 0.3) is 11.1 Å². The number of para-hydroxylation sites is 1. The summed E-state index contributed by atoms with van der Waals surface area (Å²) >= 11 is 0.